The Bertz CT molecular complexity index is 907. The van der Waals surface area contributed by atoms with Crippen molar-refractivity contribution < 1.29 is 24.2 Å². The summed E-state index contributed by atoms with van der Waals surface area (Å²) in [5.41, 5.74) is 1.41. The molecule has 6 nitrogen and oxygen atoms in total. The van der Waals surface area contributed by atoms with Crippen LogP contribution in [0.5, 0.6) is 11.5 Å². The van der Waals surface area contributed by atoms with Crippen molar-refractivity contribution in [2.75, 3.05) is 31.0 Å². The van der Waals surface area contributed by atoms with Crippen molar-refractivity contribution in [3.05, 3.63) is 59.0 Å². The molecule has 1 N–H and O–H groups in total. The summed E-state index contributed by atoms with van der Waals surface area (Å²) in [6, 6.07) is 13.9. The Labute approximate surface area is 167 Å². The maximum Gasteiger partial charge on any atom is 0.272 e. The second kappa shape index (κ2) is 8.95. The molecule has 3 rings (SSSR count). The van der Waals surface area contributed by atoms with E-state index < -0.39 is 11.8 Å². The average Bonchev–Trinajstić information content (AvgIpc) is 2.96. The number of methoxy groups -OCH3 is 1. The highest BCUT2D eigenvalue weighted by atomic mass is 32.2. The van der Waals surface area contributed by atoms with Crippen molar-refractivity contribution in [3.8, 4) is 11.5 Å². The molecule has 2 aromatic carbocycles. The summed E-state index contributed by atoms with van der Waals surface area (Å²) in [6.45, 7) is 2.26. The van der Waals surface area contributed by atoms with Gasteiger partial charge in [-0.15, -0.1) is 11.8 Å². The minimum absolute atomic E-state index is 0.0919. The van der Waals surface area contributed by atoms with E-state index in [-0.39, 0.29) is 6.61 Å². The quantitative estimate of drug-likeness (QED) is 0.688. The van der Waals surface area contributed by atoms with Gasteiger partial charge in [0.1, 0.15) is 11.5 Å². The van der Waals surface area contributed by atoms with Gasteiger partial charge in [0.05, 0.1) is 36.5 Å². The first-order valence-electron chi connectivity index (χ1n) is 8.84. The molecule has 0 fully saturated rings. The van der Waals surface area contributed by atoms with Crippen molar-refractivity contribution >= 4 is 34.8 Å². The molecular weight excluding hydrogens is 378 g/mol. The number of rotatable bonds is 8. The van der Waals surface area contributed by atoms with Crippen molar-refractivity contribution in [2.24, 2.45) is 0 Å². The Morgan fingerprint density at radius 1 is 1.04 bits per heavy atom. The maximum absolute atomic E-state index is 13.2. The van der Waals surface area contributed by atoms with Gasteiger partial charge in [-0.3, -0.25) is 9.59 Å². The van der Waals surface area contributed by atoms with Gasteiger partial charge in [-0.1, -0.05) is 18.2 Å². The molecule has 2 aromatic rings. The minimum atomic E-state index is -0.400. The second-order valence-corrected chi connectivity index (χ2v) is 6.99. The number of carbonyl (C=O) groups excluding carboxylic acids is 2. The number of nitrogens with zero attached hydrogens (tertiary/aromatic N) is 1. The zero-order valence-electron chi connectivity index (χ0n) is 15.7. The third kappa shape index (κ3) is 3.90. The molecule has 1 aliphatic rings. The van der Waals surface area contributed by atoms with Gasteiger partial charge >= 0.3 is 0 Å². The smallest absolute Gasteiger partial charge is 0.272 e. The van der Waals surface area contributed by atoms with Crippen LogP contribution in [0.25, 0.3) is 5.57 Å². The fourth-order valence-electron chi connectivity index (χ4n) is 2.92. The summed E-state index contributed by atoms with van der Waals surface area (Å²) >= 11 is 1.18. The van der Waals surface area contributed by atoms with E-state index in [2.05, 4.69) is 0 Å². The molecule has 28 heavy (non-hydrogen) atoms. The Morgan fingerprint density at radius 3 is 2.43 bits per heavy atom. The maximum atomic E-state index is 13.2. The second-order valence-electron chi connectivity index (χ2n) is 5.88. The first kappa shape index (κ1) is 20.0. The summed E-state index contributed by atoms with van der Waals surface area (Å²) in [6.07, 6.45) is 0. The molecule has 0 radical (unpaired) electrons. The van der Waals surface area contributed by atoms with Crippen LogP contribution < -0.4 is 14.4 Å². The van der Waals surface area contributed by atoms with Crippen LogP contribution in [0.15, 0.2) is 53.4 Å². The van der Waals surface area contributed by atoms with Gasteiger partial charge in [0.25, 0.3) is 11.8 Å². The lowest BCUT2D eigenvalue weighted by molar-refractivity contribution is -0.119. The fourth-order valence-corrected chi connectivity index (χ4v) is 3.78. The van der Waals surface area contributed by atoms with Gasteiger partial charge < -0.3 is 14.6 Å². The van der Waals surface area contributed by atoms with Gasteiger partial charge in [0.2, 0.25) is 0 Å². The zero-order chi connectivity index (χ0) is 20.1. The Hall–Kier alpha value is -2.77. The molecule has 146 valence electrons. The lowest BCUT2D eigenvalue weighted by atomic mass is 10.1. The molecule has 0 saturated carbocycles. The number of benzene rings is 2. The standard InChI is InChI=1S/C21H21NO5S/c1-3-27-17-6-4-5-15(13-17)22-20(24)18(19(21(22)25)28-12-11-23)14-7-9-16(26-2)10-8-14/h4-10,13,23H,3,11-12H2,1-2H3. The molecule has 2 amide bonds. The minimum Gasteiger partial charge on any atom is -0.497 e. The van der Waals surface area contributed by atoms with Gasteiger partial charge in [0.15, 0.2) is 0 Å². The van der Waals surface area contributed by atoms with Gasteiger partial charge in [0, 0.05) is 11.8 Å². The van der Waals surface area contributed by atoms with Crippen LogP contribution in [0.4, 0.5) is 5.69 Å². The van der Waals surface area contributed by atoms with Crippen molar-refractivity contribution in [1.29, 1.82) is 0 Å². The van der Waals surface area contributed by atoms with Crippen molar-refractivity contribution in [1.82, 2.24) is 0 Å². The molecule has 0 saturated heterocycles. The van der Waals surface area contributed by atoms with E-state index in [0.29, 0.717) is 45.6 Å². The molecule has 0 atom stereocenters. The first-order chi connectivity index (χ1) is 13.6. The SMILES string of the molecule is CCOc1cccc(N2C(=O)C(SCCO)=C(c3ccc(OC)cc3)C2=O)c1. The summed E-state index contributed by atoms with van der Waals surface area (Å²) in [4.78, 5) is 27.8. The fraction of sp³-hybridized carbons (Fsp3) is 0.238. The number of amides is 2. The molecule has 1 heterocycles. The van der Waals surface area contributed by atoms with E-state index in [1.807, 2.05) is 6.92 Å². The topological polar surface area (TPSA) is 76.1 Å². The Morgan fingerprint density at radius 2 is 1.79 bits per heavy atom. The highest BCUT2D eigenvalue weighted by Crippen LogP contribution is 2.39. The van der Waals surface area contributed by atoms with E-state index in [4.69, 9.17) is 9.47 Å². The van der Waals surface area contributed by atoms with E-state index in [9.17, 15) is 14.7 Å². The number of carbonyl (C=O) groups is 2. The number of aliphatic hydroxyl groups excluding tert-OH is 1. The number of hydrogen-bond donors (Lipinski definition) is 1. The van der Waals surface area contributed by atoms with E-state index in [1.54, 1.807) is 55.6 Å². The van der Waals surface area contributed by atoms with Crippen LogP contribution in [0.1, 0.15) is 12.5 Å². The average molecular weight is 399 g/mol. The molecular formula is C21H21NO5S. The molecule has 0 unspecified atom stereocenters. The lowest BCUT2D eigenvalue weighted by Gasteiger charge is -2.16. The van der Waals surface area contributed by atoms with Crippen LogP contribution in [-0.4, -0.2) is 43.0 Å². The van der Waals surface area contributed by atoms with E-state index in [1.165, 1.54) is 11.8 Å². The third-order valence-corrected chi connectivity index (χ3v) is 5.20. The largest absolute Gasteiger partial charge is 0.497 e. The predicted octanol–water partition coefficient (Wildman–Crippen LogP) is 3.10. The molecule has 7 heteroatoms. The summed E-state index contributed by atoms with van der Waals surface area (Å²) in [5.74, 6) is 0.767. The number of thioether (sulfide) groups is 1. The van der Waals surface area contributed by atoms with Crippen LogP contribution in [-0.2, 0) is 9.59 Å². The predicted molar refractivity (Wildman–Crippen MR) is 110 cm³/mol. The normalized spacial score (nSPS) is 14.0. The van der Waals surface area contributed by atoms with Crippen LogP contribution in [0.3, 0.4) is 0 Å². The van der Waals surface area contributed by atoms with E-state index >= 15 is 0 Å². The van der Waals surface area contributed by atoms with Gasteiger partial charge in [-0.25, -0.2) is 4.90 Å². The third-order valence-electron chi connectivity index (χ3n) is 4.14. The highest BCUT2D eigenvalue weighted by Gasteiger charge is 2.40. The van der Waals surface area contributed by atoms with Crippen molar-refractivity contribution in [2.45, 2.75) is 6.92 Å². The number of hydrogen-bond acceptors (Lipinski definition) is 6. The highest BCUT2D eigenvalue weighted by molar-refractivity contribution is 8.04. The Balaban J connectivity index is 2.02. The van der Waals surface area contributed by atoms with Crippen LogP contribution in [0.2, 0.25) is 0 Å². The Kier molecular flexibility index (Phi) is 6.38. The van der Waals surface area contributed by atoms with Gasteiger partial charge in [-0.2, -0.15) is 0 Å². The zero-order valence-corrected chi connectivity index (χ0v) is 16.5. The number of aliphatic hydroxyl groups is 1. The summed E-state index contributed by atoms with van der Waals surface area (Å²) in [5, 5.41) is 9.20. The lowest BCUT2D eigenvalue weighted by Crippen LogP contribution is -2.31. The van der Waals surface area contributed by atoms with Crippen LogP contribution >= 0.6 is 11.8 Å². The molecule has 0 aliphatic carbocycles. The monoisotopic (exact) mass is 399 g/mol. The van der Waals surface area contributed by atoms with Crippen molar-refractivity contribution in [3.63, 3.8) is 0 Å². The van der Waals surface area contributed by atoms with Gasteiger partial charge in [-0.05, 0) is 36.8 Å². The summed E-state index contributed by atoms with van der Waals surface area (Å²) in [7, 11) is 1.56. The number of ether oxygens (including phenoxy) is 2. The molecule has 1 aliphatic heterocycles. The molecule has 0 spiro atoms. The number of anilines is 1. The van der Waals surface area contributed by atoms with Crippen LogP contribution in [0, 0.1) is 0 Å². The summed E-state index contributed by atoms with van der Waals surface area (Å²) < 4.78 is 10.7. The first-order valence-corrected chi connectivity index (χ1v) is 9.83. The number of imide groups is 1. The van der Waals surface area contributed by atoms with E-state index in [0.717, 1.165) is 4.90 Å². The molecule has 0 bridgehead atoms. The molecule has 0 aromatic heterocycles.